The van der Waals surface area contributed by atoms with E-state index in [2.05, 4.69) is 10.3 Å². The van der Waals surface area contributed by atoms with Gasteiger partial charge < -0.3 is 15.2 Å². The molecule has 32 heavy (non-hydrogen) atoms. The molecule has 0 aliphatic heterocycles. The van der Waals surface area contributed by atoms with Gasteiger partial charge in [0, 0.05) is 36.6 Å². The molecule has 0 saturated carbocycles. The molecule has 1 heterocycles. The zero-order valence-corrected chi connectivity index (χ0v) is 18.7. The average molecular weight is 456 g/mol. The lowest BCUT2D eigenvalue weighted by Gasteiger charge is -2.19. The van der Waals surface area contributed by atoms with Crippen molar-refractivity contribution in [3.8, 4) is 11.5 Å². The van der Waals surface area contributed by atoms with E-state index in [-0.39, 0.29) is 16.3 Å². The smallest absolute Gasteiger partial charge is 0.255 e. The summed E-state index contributed by atoms with van der Waals surface area (Å²) in [7, 11) is -3.73. The third-order valence-electron chi connectivity index (χ3n) is 4.80. The van der Waals surface area contributed by atoms with Crippen molar-refractivity contribution in [3.63, 3.8) is 0 Å². The van der Waals surface area contributed by atoms with Gasteiger partial charge in [0.1, 0.15) is 18.1 Å². The maximum absolute atomic E-state index is 12.7. The number of anilines is 1. The minimum absolute atomic E-state index is 0.00607. The molecule has 2 N–H and O–H groups in total. The van der Waals surface area contributed by atoms with Crippen molar-refractivity contribution in [1.29, 1.82) is 0 Å². The van der Waals surface area contributed by atoms with Crippen molar-refractivity contribution < 1.29 is 23.1 Å². The summed E-state index contributed by atoms with van der Waals surface area (Å²) >= 11 is 0. The number of phenolic OH excluding ortho intramolecular Hbond substituents is 1. The Morgan fingerprint density at radius 2 is 1.81 bits per heavy atom. The van der Waals surface area contributed by atoms with Crippen LogP contribution in [-0.4, -0.2) is 41.8 Å². The minimum Gasteiger partial charge on any atom is -0.506 e. The van der Waals surface area contributed by atoms with Gasteiger partial charge in [-0.15, -0.1) is 0 Å². The molecule has 1 aromatic heterocycles. The Hall–Kier alpha value is -3.43. The first kappa shape index (κ1) is 23.2. The van der Waals surface area contributed by atoms with E-state index in [0.29, 0.717) is 31.0 Å². The molecule has 0 spiro atoms. The van der Waals surface area contributed by atoms with Crippen LogP contribution >= 0.6 is 0 Å². The van der Waals surface area contributed by atoms with Crippen LogP contribution in [-0.2, 0) is 16.6 Å². The Morgan fingerprint density at radius 1 is 1.09 bits per heavy atom. The van der Waals surface area contributed by atoms with Crippen LogP contribution in [0.3, 0.4) is 0 Å². The fourth-order valence-electron chi connectivity index (χ4n) is 3.04. The average Bonchev–Trinajstić information content (AvgIpc) is 2.80. The van der Waals surface area contributed by atoms with Crippen LogP contribution in [0.15, 0.2) is 71.9 Å². The van der Waals surface area contributed by atoms with Crippen LogP contribution in [0, 0.1) is 0 Å². The lowest BCUT2D eigenvalue weighted by Crippen LogP contribution is -2.30. The number of carbonyl (C=O) groups is 1. The number of pyridine rings is 1. The topological polar surface area (TPSA) is 109 Å². The number of hydrogen-bond donors (Lipinski definition) is 2. The molecule has 168 valence electrons. The highest BCUT2D eigenvalue weighted by molar-refractivity contribution is 7.89. The number of benzene rings is 2. The summed E-state index contributed by atoms with van der Waals surface area (Å²) < 4.78 is 32.4. The highest BCUT2D eigenvalue weighted by Crippen LogP contribution is 2.28. The van der Waals surface area contributed by atoms with Crippen molar-refractivity contribution in [1.82, 2.24) is 9.29 Å². The highest BCUT2D eigenvalue weighted by Gasteiger charge is 2.23. The molecule has 0 aliphatic carbocycles. The van der Waals surface area contributed by atoms with E-state index in [9.17, 15) is 18.3 Å². The number of sulfonamides is 1. The number of carbonyl (C=O) groups excluding carboxylic acids is 1. The molecule has 8 nitrogen and oxygen atoms in total. The van der Waals surface area contributed by atoms with Gasteiger partial charge in [-0.1, -0.05) is 19.9 Å². The predicted octanol–water partition coefficient (Wildman–Crippen LogP) is 3.65. The number of rotatable bonds is 9. The van der Waals surface area contributed by atoms with E-state index >= 15 is 0 Å². The number of ether oxygens (including phenoxy) is 1. The van der Waals surface area contributed by atoms with Crippen LogP contribution in [0.2, 0.25) is 0 Å². The second kappa shape index (κ2) is 10.3. The second-order valence-corrected chi connectivity index (χ2v) is 8.83. The van der Waals surface area contributed by atoms with Gasteiger partial charge in [0.05, 0.1) is 10.6 Å². The summed E-state index contributed by atoms with van der Waals surface area (Å²) in [6.45, 7) is 4.47. The summed E-state index contributed by atoms with van der Waals surface area (Å²) in [4.78, 5) is 16.7. The molecule has 3 rings (SSSR count). The first-order valence-corrected chi connectivity index (χ1v) is 11.6. The van der Waals surface area contributed by atoms with Gasteiger partial charge in [-0.05, 0) is 48.5 Å². The summed E-state index contributed by atoms with van der Waals surface area (Å²) in [6.07, 6.45) is 3.40. The van der Waals surface area contributed by atoms with Crippen molar-refractivity contribution in [3.05, 3.63) is 78.1 Å². The van der Waals surface area contributed by atoms with E-state index in [1.807, 2.05) is 12.1 Å². The Morgan fingerprint density at radius 3 is 2.44 bits per heavy atom. The van der Waals surface area contributed by atoms with Gasteiger partial charge in [0.25, 0.3) is 5.91 Å². The molecular formula is C23H25N3O5S. The molecular weight excluding hydrogens is 430 g/mol. The SMILES string of the molecule is CCN(CC)S(=O)(=O)c1ccc(O)c(NC(=O)c2ccc(OCc3cccnc3)cc2)c1. The fourth-order valence-corrected chi connectivity index (χ4v) is 4.52. The maximum Gasteiger partial charge on any atom is 0.255 e. The standard InChI is InChI=1S/C23H25N3O5S/c1-3-26(4-2)32(29,30)20-11-12-22(27)21(14-20)25-23(28)18-7-9-19(10-8-18)31-16-17-6-5-13-24-15-17/h5-15,27H,3-4,16H2,1-2H3,(H,25,28). The van der Waals surface area contributed by atoms with E-state index < -0.39 is 15.9 Å². The number of aromatic nitrogens is 1. The van der Waals surface area contributed by atoms with Crippen molar-refractivity contribution in [2.45, 2.75) is 25.3 Å². The zero-order chi connectivity index (χ0) is 23.1. The van der Waals surface area contributed by atoms with Crippen LogP contribution in [0.4, 0.5) is 5.69 Å². The number of nitrogens with zero attached hydrogens (tertiary/aromatic N) is 2. The maximum atomic E-state index is 12.7. The van der Waals surface area contributed by atoms with Crippen LogP contribution < -0.4 is 10.1 Å². The van der Waals surface area contributed by atoms with Crippen molar-refractivity contribution in [2.24, 2.45) is 0 Å². The Labute approximate surface area is 187 Å². The van der Waals surface area contributed by atoms with E-state index in [1.165, 1.54) is 22.5 Å². The van der Waals surface area contributed by atoms with Gasteiger partial charge in [-0.2, -0.15) is 4.31 Å². The Bertz CT molecular complexity index is 1160. The quantitative estimate of drug-likeness (QED) is 0.477. The van der Waals surface area contributed by atoms with Gasteiger partial charge in [0.2, 0.25) is 10.0 Å². The van der Waals surface area contributed by atoms with Gasteiger partial charge in [0.15, 0.2) is 0 Å². The van der Waals surface area contributed by atoms with Gasteiger partial charge in [-0.25, -0.2) is 8.42 Å². The molecule has 9 heteroatoms. The summed E-state index contributed by atoms with van der Waals surface area (Å²) in [5.74, 6) is -0.134. The minimum atomic E-state index is -3.73. The number of nitrogens with one attached hydrogen (secondary N) is 1. The normalized spacial score (nSPS) is 11.3. The number of hydrogen-bond acceptors (Lipinski definition) is 6. The summed E-state index contributed by atoms with van der Waals surface area (Å²) in [5.41, 5.74) is 1.26. The summed E-state index contributed by atoms with van der Waals surface area (Å²) in [5, 5.41) is 12.7. The molecule has 0 saturated heterocycles. The fraction of sp³-hybridized carbons (Fsp3) is 0.217. The van der Waals surface area contributed by atoms with E-state index in [0.717, 1.165) is 5.56 Å². The van der Waals surface area contributed by atoms with Gasteiger partial charge >= 0.3 is 0 Å². The lowest BCUT2D eigenvalue weighted by atomic mass is 10.2. The molecule has 0 bridgehead atoms. The number of phenols is 1. The first-order valence-electron chi connectivity index (χ1n) is 10.1. The molecule has 0 aliphatic rings. The molecule has 0 unspecified atom stereocenters. The third-order valence-corrected chi connectivity index (χ3v) is 6.85. The molecule has 1 amide bonds. The van der Waals surface area contributed by atoms with Crippen LogP contribution in [0.1, 0.15) is 29.8 Å². The largest absolute Gasteiger partial charge is 0.506 e. The summed E-state index contributed by atoms with van der Waals surface area (Å²) in [6, 6.07) is 14.0. The number of amides is 1. The number of aromatic hydroxyl groups is 1. The highest BCUT2D eigenvalue weighted by atomic mass is 32.2. The Balaban J connectivity index is 1.71. The molecule has 0 atom stereocenters. The van der Waals surface area contributed by atoms with Crippen LogP contribution in [0.25, 0.3) is 0 Å². The van der Waals surface area contributed by atoms with Gasteiger partial charge in [-0.3, -0.25) is 9.78 Å². The first-order chi connectivity index (χ1) is 15.3. The van der Waals surface area contributed by atoms with Crippen molar-refractivity contribution >= 4 is 21.6 Å². The molecule has 3 aromatic rings. The van der Waals surface area contributed by atoms with E-state index in [1.54, 1.807) is 50.5 Å². The molecule has 2 aromatic carbocycles. The second-order valence-electron chi connectivity index (χ2n) is 6.90. The van der Waals surface area contributed by atoms with E-state index in [4.69, 9.17) is 4.74 Å². The zero-order valence-electron chi connectivity index (χ0n) is 17.9. The monoisotopic (exact) mass is 455 g/mol. The van der Waals surface area contributed by atoms with Crippen molar-refractivity contribution in [2.75, 3.05) is 18.4 Å². The molecule has 0 fully saturated rings. The predicted molar refractivity (Wildman–Crippen MR) is 121 cm³/mol. The van der Waals surface area contributed by atoms with Crippen LogP contribution in [0.5, 0.6) is 11.5 Å². The third kappa shape index (κ3) is 5.43. The Kier molecular flexibility index (Phi) is 7.45. The molecule has 0 radical (unpaired) electrons. The lowest BCUT2D eigenvalue weighted by molar-refractivity contribution is 0.102.